The van der Waals surface area contributed by atoms with Gasteiger partial charge in [-0.25, -0.2) is 0 Å². The molecular formula is C17H19N3O2S2. The van der Waals surface area contributed by atoms with Gasteiger partial charge in [0.05, 0.1) is 15.9 Å². The first kappa shape index (κ1) is 17.0. The van der Waals surface area contributed by atoms with Gasteiger partial charge in [-0.3, -0.25) is 4.79 Å². The molecule has 3 rings (SSSR count). The first-order valence-electron chi connectivity index (χ1n) is 7.76. The number of hydrogen-bond acceptors (Lipinski definition) is 5. The summed E-state index contributed by atoms with van der Waals surface area (Å²) in [6, 6.07) is 8.04. The Morgan fingerprint density at radius 1 is 1.42 bits per heavy atom. The Hall–Kier alpha value is -1.86. The van der Waals surface area contributed by atoms with Crippen LogP contribution in [0.3, 0.4) is 0 Å². The standard InChI is InChI=1S/C17H19N3O2S2/c1-4-12-5-6-13-15(10-12)24-17(20(13)7-8-23-3)18-16(21)14-9-11(2)19-22-14/h5-6,9-10H,4,7-8H2,1-3H3. The molecule has 0 bridgehead atoms. The van der Waals surface area contributed by atoms with Gasteiger partial charge in [-0.05, 0) is 37.3 Å². The van der Waals surface area contributed by atoms with E-state index in [1.54, 1.807) is 24.8 Å². The van der Waals surface area contributed by atoms with Crippen molar-refractivity contribution in [2.75, 3.05) is 12.0 Å². The minimum absolute atomic E-state index is 0.176. The van der Waals surface area contributed by atoms with Crippen LogP contribution in [0.25, 0.3) is 10.2 Å². The summed E-state index contributed by atoms with van der Waals surface area (Å²) in [6.07, 6.45) is 3.06. The van der Waals surface area contributed by atoms with E-state index in [-0.39, 0.29) is 5.76 Å². The largest absolute Gasteiger partial charge is 0.351 e. The van der Waals surface area contributed by atoms with Crippen LogP contribution >= 0.6 is 23.1 Å². The normalized spacial score (nSPS) is 12.2. The molecule has 7 heteroatoms. The summed E-state index contributed by atoms with van der Waals surface area (Å²) in [5.74, 6) is 0.746. The maximum absolute atomic E-state index is 12.3. The van der Waals surface area contributed by atoms with Gasteiger partial charge in [-0.2, -0.15) is 16.8 Å². The molecule has 126 valence electrons. The zero-order chi connectivity index (χ0) is 17.1. The van der Waals surface area contributed by atoms with E-state index < -0.39 is 5.91 Å². The van der Waals surface area contributed by atoms with Crippen LogP contribution < -0.4 is 4.80 Å². The molecule has 0 radical (unpaired) electrons. The number of thioether (sulfide) groups is 1. The number of aryl methyl sites for hydroxylation is 3. The van der Waals surface area contributed by atoms with E-state index in [0.29, 0.717) is 10.5 Å². The number of thiazole rings is 1. The molecule has 0 aliphatic rings. The molecular weight excluding hydrogens is 342 g/mol. The Kier molecular flexibility index (Phi) is 5.20. The average Bonchev–Trinajstić information content (AvgIpc) is 3.15. The minimum Gasteiger partial charge on any atom is -0.351 e. The zero-order valence-electron chi connectivity index (χ0n) is 13.9. The van der Waals surface area contributed by atoms with Crippen LogP contribution in [-0.4, -0.2) is 27.6 Å². The number of nitrogens with zero attached hydrogens (tertiary/aromatic N) is 3. The lowest BCUT2D eigenvalue weighted by Crippen LogP contribution is -2.18. The topological polar surface area (TPSA) is 60.4 Å². The van der Waals surface area contributed by atoms with E-state index >= 15 is 0 Å². The maximum atomic E-state index is 12.3. The van der Waals surface area contributed by atoms with Crippen molar-refractivity contribution in [1.29, 1.82) is 0 Å². The molecule has 0 unspecified atom stereocenters. The van der Waals surface area contributed by atoms with E-state index in [1.165, 1.54) is 16.9 Å². The Balaban J connectivity index is 2.10. The lowest BCUT2D eigenvalue weighted by Gasteiger charge is -2.04. The molecule has 0 aliphatic heterocycles. The molecule has 2 aromatic heterocycles. The van der Waals surface area contributed by atoms with Gasteiger partial charge < -0.3 is 9.09 Å². The van der Waals surface area contributed by atoms with Gasteiger partial charge in [0.1, 0.15) is 0 Å². The highest BCUT2D eigenvalue weighted by molar-refractivity contribution is 7.98. The van der Waals surface area contributed by atoms with Crippen LogP contribution in [0.15, 0.2) is 33.8 Å². The molecule has 5 nitrogen and oxygen atoms in total. The molecule has 24 heavy (non-hydrogen) atoms. The highest BCUT2D eigenvalue weighted by Crippen LogP contribution is 2.20. The first-order valence-corrected chi connectivity index (χ1v) is 9.97. The number of aromatic nitrogens is 2. The summed E-state index contributed by atoms with van der Waals surface area (Å²) in [5, 5.41) is 3.75. The van der Waals surface area contributed by atoms with Gasteiger partial charge in [0, 0.05) is 18.4 Å². The van der Waals surface area contributed by atoms with Gasteiger partial charge in [0.25, 0.3) is 0 Å². The lowest BCUT2D eigenvalue weighted by molar-refractivity contribution is 0.0962. The molecule has 0 N–H and O–H groups in total. The van der Waals surface area contributed by atoms with Gasteiger partial charge >= 0.3 is 5.91 Å². The second kappa shape index (κ2) is 7.36. The smallest absolute Gasteiger partial charge is 0.318 e. The predicted molar refractivity (Wildman–Crippen MR) is 98.7 cm³/mol. The average molecular weight is 361 g/mol. The van der Waals surface area contributed by atoms with Crippen LogP contribution in [0.2, 0.25) is 0 Å². The van der Waals surface area contributed by atoms with Crippen LogP contribution in [0.5, 0.6) is 0 Å². The Labute approximate surface area is 148 Å². The quantitative estimate of drug-likeness (QED) is 0.696. The lowest BCUT2D eigenvalue weighted by atomic mass is 10.2. The van der Waals surface area contributed by atoms with Crippen molar-refractivity contribution in [3.8, 4) is 0 Å². The monoisotopic (exact) mass is 361 g/mol. The molecule has 0 spiro atoms. The van der Waals surface area contributed by atoms with Crippen molar-refractivity contribution in [1.82, 2.24) is 9.72 Å². The molecule has 0 aliphatic carbocycles. The van der Waals surface area contributed by atoms with Crippen molar-refractivity contribution >= 4 is 39.2 Å². The summed E-state index contributed by atoms with van der Waals surface area (Å²) >= 11 is 3.31. The zero-order valence-corrected chi connectivity index (χ0v) is 15.5. The van der Waals surface area contributed by atoms with Gasteiger partial charge in [0.2, 0.25) is 5.76 Å². The summed E-state index contributed by atoms with van der Waals surface area (Å²) in [6.45, 7) is 4.73. The number of hydrogen-bond donors (Lipinski definition) is 0. The van der Waals surface area contributed by atoms with E-state index in [0.717, 1.165) is 28.9 Å². The summed E-state index contributed by atoms with van der Waals surface area (Å²) < 4.78 is 8.28. The fourth-order valence-electron chi connectivity index (χ4n) is 2.43. The Bertz CT molecular complexity index is 937. The Morgan fingerprint density at radius 2 is 2.25 bits per heavy atom. The molecule has 0 saturated heterocycles. The van der Waals surface area contributed by atoms with E-state index in [9.17, 15) is 4.79 Å². The Morgan fingerprint density at radius 3 is 2.92 bits per heavy atom. The van der Waals surface area contributed by atoms with Crippen LogP contribution in [0.1, 0.15) is 28.7 Å². The number of fused-ring (bicyclic) bond motifs is 1. The highest BCUT2D eigenvalue weighted by Gasteiger charge is 2.13. The third kappa shape index (κ3) is 3.47. The van der Waals surface area contributed by atoms with Crippen LogP contribution in [-0.2, 0) is 13.0 Å². The number of benzene rings is 1. The van der Waals surface area contributed by atoms with Crippen molar-refractivity contribution in [3.63, 3.8) is 0 Å². The second-order valence-electron chi connectivity index (χ2n) is 5.43. The summed E-state index contributed by atoms with van der Waals surface area (Å²) in [4.78, 5) is 17.3. The first-order chi connectivity index (χ1) is 11.6. The van der Waals surface area contributed by atoms with E-state index in [2.05, 4.69) is 46.1 Å². The summed E-state index contributed by atoms with van der Waals surface area (Å²) in [5.41, 5.74) is 3.07. The van der Waals surface area contributed by atoms with Crippen molar-refractivity contribution in [3.05, 3.63) is 46.1 Å². The molecule has 1 aromatic carbocycles. The van der Waals surface area contributed by atoms with E-state index in [4.69, 9.17) is 4.52 Å². The highest BCUT2D eigenvalue weighted by atomic mass is 32.2. The van der Waals surface area contributed by atoms with Gasteiger partial charge in [0.15, 0.2) is 4.80 Å². The SMILES string of the molecule is CCc1ccc2c(c1)sc(=NC(=O)c1cc(C)no1)n2CCSC. The number of rotatable bonds is 5. The third-order valence-electron chi connectivity index (χ3n) is 3.71. The number of amides is 1. The summed E-state index contributed by atoms with van der Waals surface area (Å²) in [7, 11) is 0. The molecule has 0 fully saturated rings. The second-order valence-corrected chi connectivity index (χ2v) is 7.43. The van der Waals surface area contributed by atoms with Crippen molar-refractivity contribution in [2.24, 2.45) is 4.99 Å². The van der Waals surface area contributed by atoms with Gasteiger partial charge in [-0.1, -0.05) is 29.5 Å². The predicted octanol–water partition coefficient (Wildman–Crippen LogP) is 3.67. The molecule has 0 saturated carbocycles. The fourth-order valence-corrected chi connectivity index (χ4v) is 3.91. The maximum Gasteiger partial charge on any atom is 0.318 e. The minimum atomic E-state index is -0.393. The third-order valence-corrected chi connectivity index (χ3v) is 5.34. The fraction of sp³-hybridized carbons (Fsp3) is 0.353. The number of carbonyl (C=O) groups is 1. The molecule has 3 aromatic rings. The van der Waals surface area contributed by atoms with Gasteiger partial charge in [-0.15, -0.1) is 0 Å². The number of carbonyl (C=O) groups excluding carboxylic acids is 1. The van der Waals surface area contributed by atoms with Crippen LogP contribution in [0.4, 0.5) is 0 Å². The van der Waals surface area contributed by atoms with Crippen LogP contribution in [0, 0.1) is 6.92 Å². The molecule has 1 amide bonds. The van der Waals surface area contributed by atoms with E-state index in [1.807, 2.05) is 0 Å². The van der Waals surface area contributed by atoms with Crippen molar-refractivity contribution in [2.45, 2.75) is 26.8 Å². The molecule has 2 heterocycles. The van der Waals surface area contributed by atoms with Crippen molar-refractivity contribution < 1.29 is 9.32 Å². The molecule has 0 atom stereocenters.